The number of thiazole rings is 1. The van der Waals surface area contributed by atoms with Gasteiger partial charge in [-0.1, -0.05) is 52.2 Å². The molecule has 0 aliphatic carbocycles. The zero-order chi connectivity index (χ0) is 25.4. The molecule has 2 heterocycles. The summed E-state index contributed by atoms with van der Waals surface area (Å²) < 4.78 is 5.07. The van der Waals surface area contributed by atoms with Crippen LogP contribution in [0.5, 0.6) is 0 Å². The first kappa shape index (κ1) is 25.2. The molecule has 1 aliphatic heterocycles. The predicted octanol–water partition coefficient (Wildman–Crippen LogP) is 6.21. The molecule has 35 heavy (non-hydrogen) atoms. The molecule has 11 heteroatoms. The Kier molecular flexibility index (Phi) is 7.19. The number of ketones is 1. The van der Waals surface area contributed by atoms with Crippen molar-refractivity contribution in [1.82, 2.24) is 4.98 Å². The van der Waals surface area contributed by atoms with Crippen LogP contribution >= 0.6 is 46.1 Å². The molecule has 7 nitrogen and oxygen atoms in total. The molecule has 0 saturated carbocycles. The van der Waals surface area contributed by atoms with E-state index in [0.29, 0.717) is 21.8 Å². The van der Waals surface area contributed by atoms with Crippen molar-refractivity contribution in [3.05, 3.63) is 84.8 Å². The summed E-state index contributed by atoms with van der Waals surface area (Å²) in [4.78, 5) is 44.5. The highest BCUT2D eigenvalue weighted by Crippen LogP contribution is 2.45. The maximum Gasteiger partial charge on any atom is 0.350 e. The van der Waals surface area contributed by atoms with Crippen LogP contribution in [0.15, 0.2) is 48.0 Å². The Morgan fingerprint density at radius 1 is 1.11 bits per heavy atom. The average molecular weight is 552 g/mol. The normalized spacial score (nSPS) is 17.2. The number of nitrogens with zero attached hydrogens (tertiary/aromatic N) is 2. The second-order valence-corrected chi connectivity index (χ2v) is 9.71. The third-order valence-corrected chi connectivity index (χ3v) is 7.40. The highest BCUT2D eigenvalue weighted by atomic mass is 35.5. The van der Waals surface area contributed by atoms with Crippen LogP contribution in [-0.2, 0) is 14.3 Å². The number of amides is 1. The Balaban J connectivity index is 1.93. The van der Waals surface area contributed by atoms with Gasteiger partial charge in [0.25, 0.3) is 5.78 Å². The molecule has 0 spiro atoms. The first-order chi connectivity index (χ1) is 16.6. The van der Waals surface area contributed by atoms with Crippen LogP contribution in [-0.4, -0.2) is 34.4 Å². The number of esters is 1. The Morgan fingerprint density at radius 2 is 1.80 bits per heavy atom. The highest BCUT2D eigenvalue weighted by Gasteiger charge is 2.48. The van der Waals surface area contributed by atoms with Crippen LogP contribution in [0, 0.1) is 6.92 Å². The van der Waals surface area contributed by atoms with E-state index in [-0.39, 0.29) is 32.2 Å². The van der Waals surface area contributed by atoms with Crippen molar-refractivity contribution in [2.45, 2.75) is 19.9 Å². The molecule has 1 N–H and O–H groups in total. The number of Topliss-reactive ketones (excluding diaryl/α,β-unsaturated/α-hetero) is 1. The number of benzene rings is 2. The fraction of sp³-hybridized carbons (Fsp3) is 0.167. The van der Waals surface area contributed by atoms with Crippen molar-refractivity contribution in [2.24, 2.45) is 0 Å². The quantitative estimate of drug-likeness (QED) is 0.175. The molecule has 1 aromatic heterocycles. The van der Waals surface area contributed by atoms with E-state index in [1.807, 2.05) is 0 Å². The van der Waals surface area contributed by atoms with Crippen LogP contribution in [0.4, 0.5) is 5.13 Å². The Hall–Kier alpha value is -2.91. The van der Waals surface area contributed by atoms with Gasteiger partial charge >= 0.3 is 11.9 Å². The number of rotatable bonds is 5. The Morgan fingerprint density at radius 3 is 2.43 bits per heavy atom. The first-order valence-corrected chi connectivity index (χ1v) is 12.3. The maximum atomic E-state index is 13.3. The summed E-state index contributed by atoms with van der Waals surface area (Å²) in [6.45, 7) is 3.44. The zero-order valence-electron chi connectivity index (χ0n) is 18.3. The van der Waals surface area contributed by atoms with Crippen molar-refractivity contribution < 1.29 is 24.2 Å². The van der Waals surface area contributed by atoms with Gasteiger partial charge in [0.15, 0.2) is 5.13 Å². The molecular weight excluding hydrogens is 535 g/mol. The van der Waals surface area contributed by atoms with Gasteiger partial charge in [0.1, 0.15) is 10.6 Å². The van der Waals surface area contributed by atoms with Gasteiger partial charge in [0.05, 0.1) is 34.0 Å². The number of carbonyl (C=O) groups is 3. The summed E-state index contributed by atoms with van der Waals surface area (Å²) in [6, 6.07) is 9.72. The number of aromatic nitrogens is 1. The minimum absolute atomic E-state index is 0.0962. The van der Waals surface area contributed by atoms with Gasteiger partial charge in [-0.2, -0.15) is 0 Å². The van der Waals surface area contributed by atoms with Crippen LogP contribution in [0.1, 0.15) is 39.5 Å². The third kappa shape index (κ3) is 4.67. The summed E-state index contributed by atoms with van der Waals surface area (Å²) in [7, 11) is 0. The van der Waals surface area contributed by atoms with E-state index in [9.17, 15) is 19.5 Å². The lowest BCUT2D eigenvalue weighted by Gasteiger charge is -2.23. The van der Waals surface area contributed by atoms with E-state index in [4.69, 9.17) is 39.5 Å². The third-order valence-electron chi connectivity index (χ3n) is 5.27. The van der Waals surface area contributed by atoms with Crippen LogP contribution in [0.2, 0.25) is 15.1 Å². The number of anilines is 1. The van der Waals surface area contributed by atoms with E-state index < -0.39 is 29.5 Å². The van der Waals surface area contributed by atoms with Gasteiger partial charge in [-0.25, -0.2) is 9.78 Å². The number of ether oxygens (including phenoxy) is 1. The second kappa shape index (κ2) is 9.99. The number of aliphatic hydroxyl groups is 1. The van der Waals surface area contributed by atoms with Crippen molar-refractivity contribution >= 4 is 74.7 Å². The van der Waals surface area contributed by atoms with Crippen molar-refractivity contribution in [3.8, 4) is 0 Å². The Bertz CT molecular complexity index is 1380. The zero-order valence-corrected chi connectivity index (χ0v) is 21.4. The lowest BCUT2D eigenvalue weighted by Crippen LogP contribution is -2.29. The largest absolute Gasteiger partial charge is 0.507 e. The van der Waals surface area contributed by atoms with Gasteiger partial charge in [0, 0.05) is 10.6 Å². The van der Waals surface area contributed by atoms with Crippen LogP contribution in [0.3, 0.4) is 0 Å². The minimum Gasteiger partial charge on any atom is -0.507 e. The molecule has 4 rings (SSSR count). The first-order valence-electron chi connectivity index (χ1n) is 10.3. The van der Waals surface area contributed by atoms with Crippen LogP contribution in [0.25, 0.3) is 5.76 Å². The van der Waals surface area contributed by atoms with Gasteiger partial charge in [-0.3, -0.25) is 14.5 Å². The maximum absolute atomic E-state index is 13.3. The molecule has 1 amide bonds. The summed E-state index contributed by atoms with van der Waals surface area (Å²) in [5.74, 6) is -2.81. The Labute approximate surface area is 219 Å². The monoisotopic (exact) mass is 550 g/mol. The number of hydrogen-bond donors (Lipinski definition) is 1. The fourth-order valence-corrected chi connectivity index (χ4v) is 5.08. The van der Waals surface area contributed by atoms with Gasteiger partial charge in [0.2, 0.25) is 0 Å². The van der Waals surface area contributed by atoms with E-state index in [1.165, 1.54) is 24.3 Å². The molecule has 3 aromatic rings. The fourth-order valence-electron chi connectivity index (χ4n) is 3.66. The molecule has 0 bridgehead atoms. The van der Waals surface area contributed by atoms with E-state index in [2.05, 4.69) is 4.98 Å². The number of hydrogen-bond acceptors (Lipinski definition) is 7. The topological polar surface area (TPSA) is 96.8 Å². The molecule has 1 saturated heterocycles. The molecule has 1 aliphatic rings. The molecule has 0 radical (unpaired) electrons. The SMILES string of the molecule is CCOC(=O)c1sc(N2C(=O)C(=O)/C(=C(/O)c3ccc(Cl)cc3)C2c2ccc(Cl)c(Cl)c2)nc1C. The summed E-state index contributed by atoms with van der Waals surface area (Å²) >= 11 is 19.2. The molecule has 180 valence electrons. The molecule has 1 fully saturated rings. The second-order valence-electron chi connectivity index (χ2n) is 7.48. The predicted molar refractivity (Wildman–Crippen MR) is 136 cm³/mol. The number of halogens is 3. The van der Waals surface area contributed by atoms with Crippen molar-refractivity contribution in [2.75, 3.05) is 11.5 Å². The minimum atomic E-state index is -1.08. The van der Waals surface area contributed by atoms with E-state index >= 15 is 0 Å². The smallest absolute Gasteiger partial charge is 0.350 e. The molecule has 1 atom stereocenters. The van der Waals surface area contributed by atoms with Gasteiger partial charge in [-0.15, -0.1) is 0 Å². The standard InChI is InChI=1S/C24H17Cl3N2O5S/c1-3-34-23(33)21-11(2)28-24(35-21)29-18(13-6-9-15(26)16(27)10-13)17(20(31)22(29)32)19(30)12-4-7-14(25)8-5-12/h4-10,18,30H,3H2,1-2H3/b19-17+. The lowest BCUT2D eigenvalue weighted by molar-refractivity contribution is -0.132. The van der Waals surface area contributed by atoms with Gasteiger partial charge in [-0.05, 0) is 55.8 Å². The molecule has 2 aromatic carbocycles. The number of aliphatic hydroxyl groups excluding tert-OH is 1. The molecular formula is C24H17Cl3N2O5S. The van der Waals surface area contributed by atoms with Crippen LogP contribution < -0.4 is 4.90 Å². The summed E-state index contributed by atoms with van der Waals surface area (Å²) in [5.41, 5.74) is 0.886. The lowest BCUT2D eigenvalue weighted by atomic mass is 9.95. The van der Waals surface area contributed by atoms with Gasteiger partial charge < -0.3 is 9.84 Å². The summed E-state index contributed by atoms with van der Waals surface area (Å²) in [5, 5.41) is 12.1. The number of aryl methyl sites for hydroxylation is 1. The highest BCUT2D eigenvalue weighted by molar-refractivity contribution is 7.17. The van der Waals surface area contributed by atoms with E-state index in [0.717, 1.165) is 16.2 Å². The summed E-state index contributed by atoms with van der Waals surface area (Å²) in [6.07, 6.45) is 0. The van der Waals surface area contributed by atoms with Crippen molar-refractivity contribution in [1.29, 1.82) is 0 Å². The van der Waals surface area contributed by atoms with Crippen molar-refractivity contribution in [3.63, 3.8) is 0 Å². The van der Waals surface area contributed by atoms with E-state index in [1.54, 1.807) is 32.0 Å². The molecule has 1 unspecified atom stereocenters. The number of carbonyl (C=O) groups excluding carboxylic acids is 3. The average Bonchev–Trinajstić information content (AvgIpc) is 3.33.